The standard InChI is InChI=1S/C24H34N2O3S/c1-2-3-4-5-6-7-8-12-15-24-25-22-17-16-21(30(27,28)29)18-23(22)26(24)19-20-13-10-9-11-14-20/h9-11,13-14,16-18,24-25H,2-8,12,15,19H2,1H3,(H,27,28,29). The first-order valence-electron chi connectivity index (χ1n) is 11.2. The van der Waals surface area contributed by atoms with Crippen LogP contribution < -0.4 is 10.2 Å². The zero-order valence-corrected chi connectivity index (χ0v) is 18.7. The van der Waals surface area contributed by atoms with Gasteiger partial charge in [-0.25, -0.2) is 0 Å². The van der Waals surface area contributed by atoms with E-state index in [1.165, 1.54) is 56.6 Å². The SMILES string of the molecule is CCCCCCCCCCC1Nc2ccc(S(=O)(=O)O)cc2N1Cc1ccccc1. The fraction of sp³-hybridized carbons (Fsp3) is 0.500. The molecule has 2 N–H and O–H groups in total. The fourth-order valence-corrected chi connectivity index (χ4v) is 4.63. The van der Waals surface area contributed by atoms with Gasteiger partial charge in [-0.3, -0.25) is 4.55 Å². The molecule has 1 atom stereocenters. The molecule has 0 fully saturated rings. The summed E-state index contributed by atoms with van der Waals surface area (Å²) in [6.45, 7) is 2.93. The molecule has 5 nitrogen and oxygen atoms in total. The van der Waals surface area contributed by atoms with Gasteiger partial charge in [-0.05, 0) is 36.6 Å². The van der Waals surface area contributed by atoms with Crippen LogP contribution in [0.2, 0.25) is 0 Å². The molecule has 0 radical (unpaired) electrons. The van der Waals surface area contributed by atoms with Crippen LogP contribution in [0.5, 0.6) is 0 Å². The number of nitrogens with one attached hydrogen (secondary N) is 1. The first kappa shape index (κ1) is 22.6. The Morgan fingerprint density at radius 1 is 0.933 bits per heavy atom. The Morgan fingerprint density at radius 3 is 2.27 bits per heavy atom. The normalized spacial score (nSPS) is 15.8. The lowest BCUT2D eigenvalue weighted by molar-refractivity contribution is 0.483. The number of anilines is 2. The van der Waals surface area contributed by atoms with Crippen LogP contribution in [0.15, 0.2) is 53.4 Å². The van der Waals surface area contributed by atoms with E-state index in [2.05, 4.69) is 29.3 Å². The average Bonchev–Trinajstić information content (AvgIpc) is 3.07. The van der Waals surface area contributed by atoms with E-state index in [0.29, 0.717) is 6.54 Å². The average molecular weight is 431 g/mol. The smallest absolute Gasteiger partial charge is 0.294 e. The molecule has 0 aromatic heterocycles. The summed E-state index contributed by atoms with van der Waals surface area (Å²) in [5, 5.41) is 3.55. The molecule has 1 unspecified atom stereocenters. The Kier molecular flexibility index (Phi) is 8.16. The molecular weight excluding hydrogens is 396 g/mol. The van der Waals surface area contributed by atoms with Crippen LogP contribution in [0.1, 0.15) is 70.3 Å². The molecule has 0 amide bonds. The first-order chi connectivity index (χ1) is 14.5. The Bertz CT molecular complexity index is 900. The maximum absolute atomic E-state index is 11.6. The highest BCUT2D eigenvalue weighted by Gasteiger charge is 2.29. The Balaban J connectivity index is 1.64. The highest BCUT2D eigenvalue weighted by molar-refractivity contribution is 7.85. The van der Waals surface area contributed by atoms with E-state index in [-0.39, 0.29) is 11.1 Å². The molecule has 1 aliphatic rings. The van der Waals surface area contributed by atoms with Gasteiger partial charge in [0, 0.05) is 6.54 Å². The number of nitrogens with zero attached hydrogens (tertiary/aromatic N) is 1. The predicted octanol–water partition coefficient (Wildman–Crippen LogP) is 6.22. The van der Waals surface area contributed by atoms with Crippen LogP contribution in [0.25, 0.3) is 0 Å². The van der Waals surface area contributed by atoms with Gasteiger partial charge >= 0.3 is 0 Å². The fourth-order valence-electron chi connectivity index (χ4n) is 4.13. The van der Waals surface area contributed by atoms with Crippen molar-refractivity contribution in [3.8, 4) is 0 Å². The third-order valence-electron chi connectivity index (χ3n) is 5.80. The third kappa shape index (κ3) is 6.22. The molecule has 30 heavy (non-hydrogen) atoms. The summed E-state index contributed by atoms with van der Waals surface area (Å²) in [5.74, 6) is 0. The number of rotatable bonds is 12. The molecular formula is C24H34N2O3S. The molecule has 0 saturated carbocycles. The molecule has 0 bridgehead atoms. The Hall–Kier alpha value is -2.05. The predicted molar refractivity (Wildman–Crippen MR) is 124 cm³/mol. The molecule has 2 aromatic rings. The van der Waals surface area contributed by atoms with E-state index in [1.54, 1.807) is 12.1 Å². The van der Waals surface area contributed by atoms with Crippen LogP contribution in [0, 0.1) is 0 Å². The van der Waals surface area contributed by atoms with Gasteiger partial charge in [0.2, 0.25) is 0 Å². The van der Waals surface area contributed by atoms with E-state index >= 15 is 0 Å². The summed E-state index contributed by atoms with van der Waals surface area (Å²) in [5.41, 5.74) is 2.92. The zero-order valence-electron chi connectivity index (χ0n) is 17.9. The second kappa shape index (κ2) is 10.8. The molecule has 3 rings (SSSR count). The minimum atomic E-state index is -4.23. The lowest BCUT2D eigenvalue weighted by atomic mass is 10.1. The monoisotopic (exact) mass is 430 g/mol. The van der Waals surface area contributed by atoms with Crippen molar-refractivity contribution in [3.63, 3.8) is 0 Å². The summed E-state index contributed by atoms with van der Waals surface area (Å²) in [6, 6.07) is 15.0. The van der Waals surface area contributed by atoms with Gasteiger partial charge in [0.1, 0.15) is 0 Å². The van der Waals surface area contributed by atoms with Crippen molar-refractivity contribution in [3.05, 3.63) is 54.1 Å². The molecule has 2 aromatic carbocycles. The largest absolute Gasteiger partial charge is 0.363 e. The van der Waals surface area contributed by atoms with Gasteiger partial charge < -0.3 is 10.2 Å². The van der Waals surface area contributed by atoms with Gasteiger partial charge in [-0.2, -0.15) is 8.42 Å². The van der Waals surface area contributed by atoms with Gasteiger partial charge in [0.25, 0.3) is 10.1 Å². The number of fused-ring (bicyclic) bond motifs is 1. The number of hydrogen-bond donors (Lipinski definition) is 2. The number of unbranched alkanes of at least 4 members (excludes halogenated alkanes) is 7. The minimum Gasteiger partial charge on any atom is -0.363 e. The highest BCUT2D eigenvalue weighted by Crippen LogP contribution is 2.38. The molecule has 0 spiro atoms. The van der Waals surface area contributed by atoms with Crippen molar-refractivity contribution in [1.82, 2.24) is 0 Å². The lowest BCUT2D eigenvalue weighted by Gasteiger charge is -2.27. The van der Waals surface area contributed by atoms with Gasteiger partial charge in [0.15, 0.2) is 0 Å². The van der Waals surface area contributed by atoms with Crippen LogP contribution in [-0.4, -0.2) is 19.1 Å². The minimum absolute atomic E-state index is 0.0613. The molecule has 1 aliphatic heterocycles. The molecule has 0 aliphatic carbocycles. The first-order valence-corrected chi connectivity index (χ1v) is 12.6. The molecule has 0 saturated heterocycles. The maximum atomic E-state index is 11.6. The van der Waals surface area contributed by atoms with E-state index < -0.39 is 10.1 Å². The van der Waals surface area contributed by atoms with E-state index in [0.717, 1.165) is 24.2 Å². The van der Waals surface area contributed by atoms with Crippen LogP contribution in [0.4, 0.5) is 11.4 Å². The second-order valence-electron chi connectivity index (χ2n) is 8.19. The number of hydrogen-bond acceptors (Lipinski definition) is 4. The third-order valence-corrected chi connectivity index (χ3v) is 6.65. The Morgan fingerprint density at radius 2 is 1.60 bits per heavy atom. The van der Waals surface area contributed by atoms with Crippen LogP contribution in [-0.2, 0) is 16.7 Å². The van der Waals surface area contributed by atoms with E-state index in [9.17, 15) is 13.0 Å². The lowest BCUT2D eigenvalue weighted by Crippen LogP contribution is -2.35. The molecule has 6 heteroatoms. The van der Waals surface area contributed by atoms with E-state index in [4.69, 9.17) is 0 Å². The number of benzene rings is 2. The molecule has 164 valence electrons. The van der Waals surface area contributed by atoms with Crippen LogP contribution >= 0.6 is 0 Å². The second-order valence-corrected chi connectivity index (χ2v) is 9.61. The highest BCUT2D eigenvalue weighted by atomic mass is 32.2. The molecule has 1 heterocycles. The van der Waals surface area contributed by atoms with E-state index in [1.807, 2.05) is 18.2 Å². The zero-order chi connectivity index (χ0) is 21.4. The van der Waals surface area contributed by atoms with Crippen molar-refractivity contribution in [2.45, 2.75) is 82.3 Å². The van der Waals surface area contributed by atoms with Crippen molar-refractivity contribution in [2.24, 2.45) is 0 Å². The maximum Gasteiger partial charge on any atom is 0.294 e. The van der Waals surface area contributed by atoms with Gasteiger partial charge in [0.05, 0.1) is 22.4 Å². The van der Waals surface area contributed by atoms with Gasteiger partial charge in [-0.1, -0.05) is 82.2 Å². The quantitative estimate of drug-likeness (QED) is 0.309. The summed E-state index contributed by atoms with van der Waals surface area (Å²) >= 11 is 0. The summed E-state index contributed by atoms with van der Waals surface area (Å²) in [6.07, 6.45) is 11.4. The van der Waals surface area contributed by atoms with Crippen molar-refractivity contribution in [1.29, 1.82) is 0 Å². The van der Waals surface area contributed by atoms with Gasteiger partial charge in [-0.15, -0.1) is 0 Å². The summed E-state index contributed by atoms with van der Waals surface area (Å²) in [7, 11) is -4.23. The summed E-state index contributed by atoms with van der Waals surface area (Å²) < 4.78 is 32.7. The summed E-state index contributed by atoms with van der Waals surface area (Å²) in [4.78, 5) is 2.16. The van der Waals surface area contributed by atoms with Crippen LogP contribution in [0.3, 0.4) is 0 Å². The Labute approximate surface area is 181 Å². The van der Waals surface area contributed by atoms with Crippen molar-refractivity contribution >= 4 is 21.5 Å². The topological polar surface area (TPSA) is 69.6 Å². The van der Waals surface area contributed by atoms with Crippen molar-refractivity contribution < 1.29 is 13.0 Å². The van der Waals surface area contributed by atoms with Crippen molar-refractivity contribution in [2.75, 3.05) is 10.2 Å².